The lowest BCUT2D eigenvalue weighted by atomic mass is 9.79. The van der Waals surface area contributed by atoms with E-state index in [1.165, 1.54) is 6.20 Å². The predicted molar refractivity (Wildman–Crippen MR) is 148 cm³/mol. The molecular weight excluding hydrogens is 531 g/mol. The quantitative estimate of drug-likeness (QED) is 0.372. The highest BCUT2D eigenvalue weighted by atomic mass is 35.5. The second kappa shape index (κ2) is 12.6. The average molecular weight is 564 g/mol. The minimum absolute atomic E-state index is 0.0425. The monoisotopic (exact) mass is 563 g/mol. The molecule has 2 unspecified atom stereocenters. The van der Waals surface area contributed by atoms with Gasteiger partial charge in [0.15, 0.2) is 5.82 Å². The number of fused-ring (bicyclic) bond motifs is 1. The van der Waals surface area contributed by atoms with Crippen molar-refractivity contribution in [1.29, 1.82) is 0 Å². The Morgan fingerprint density at radius 2 is 2.00 bits per heavy atom. The molecule has 38 heavy (non-hydrogen) atoms. The first-order valence-electron chi connectivity index (χ1n) is 12.9. The number of ether oxygens (including phenoxy) is 1. The molecule has 2 atom stereocenters. The predicted octanol–water partition coefficient (Wildman–Crippen LogP) is 5.44. The zero-order valence-corrected chi connectivity index (χ0v) is 23.8. The van der Waals surface area contributed by atoms with Gasteiger partial charge in [0.25, 0.3) is 11.8 Å². The summed E-state index contributed by atoms with van der Waals surface area (Å²) < 4.78 is 35.6. The highest BCUT2D eigenvalue weighted by Gasteiger charge is 2.31. The van der Waals surface area contributed by atoms with Crippen LogP contribution in [0.25, 0.3) is 5.57 Å². The maximum Gasteiger partial charge on any atom is 0.258 e. The summed E-state index contributed by atoms with van der Waals surface area (Å²) in [6.07, 6.45) is 5.28. The van der Waals surface area contributed by atoms with Crippen molar-refractivity contribution < 1.29 is 18.3 Å². The SMILES string of the molecule is CCC1=C(C2=C(C)CCNC2=O)CCc2cnc(Oc3nc(Cl)ncc3CN3CCC(F)C3)c(F)c21.CP. The van der Waals surface area contributed by atoms with Gasteiger partial charge in [-0.2, -0.15) is 4.98 Å². The molecule has 1 N–H and O–H groups in total. The van der Waals surface area contributed by atoms with Gasteiger partial charge >= 0.3 is 0 Å². The van der Waals surface area contributed by atoms with E-state index in [1.807, 2.05) is 25.4 Å². The van der Waals surface area contributed by atoms with Crippen molar-refractivity contribution in [2.75, 3.05) is 26.3 Å². The van der Waals surface area contributed by atoms with Crippen molar-refractivity contribution in [1.82, 2.24) is 25.2 Å². The summed E-state index contributed by atoms with van der Waals surface area (Å²) in [5.41, 5.74) is 5.15. The number of aromatic nitrogens is 3. The van der Waals surface area contributed by atoms with Crippen LogP contribution in [0.5, 0.6) is 11.8 Å². The van der Waals surface area contributed by atoms with Gasteiger partial charge in [0.2, 0.25) is 11.2 Å². The number of aryl methyl sites for hydroxylation is 1. The molecule has 0 saturated carbocycles. The van der Waals surface area contributed by atoms with E-state index in [0.29, 0.717) is 68.6 Å². The van der Waals surface area contributed by atoms with Crippen LogP contribution < -0.4 is 10.1 Å². The third kappa shape index (κ3) is 5.90. The maximum atomic E-state index is 16.0. The molecule has 4 heterocycles. The smallest absolute Gasteiger partial charge is 0.258 e. The van der Waals surface area contributed by atoms with Crippen LogP contribution in [0.15, 0.2) is 29.1 Å². The maximum absolute atomic E-state index is 16.0. The highest BCUT2D eigenvalue weighted by Crippen LogP contribution is 2.42. The molecule has 1 saturated heterocycles. The van der Waals surface area contributed by atoms with Crippen molar-refractivity contribution in [2.45, 2.75) is 58.7 Å². The normalized spacial score (nSPS) is 19.7. The number of nitrogens with one attached hydrogen (secondary N) is 1. The van der Waals surface area contributed by atoms with E-state index in [4.69, 9.17) is 16.3 Å². The van der Waals surface area contributed by atoms with Crippen molar-refractivity contribution in [3.05, 3.63) is 56.9 Å². The molecule has 2 aliphatic heterocycles. The van der Waals surface area contributed by atoms with E-state index in [9.17, 15) is 9.18 Å². The first kappa shape index (κ1) is 28.5. The lowest BCUT2D eigenvalue weighted by Gasteiger charge is -2.28. The van der Waals surface area contributed by atoms with E-state index in [0.717, 1.165) is 28.7 Å². The number of likely N-dealkylation sites (tertiary alicyclic amines) is 1. The van der Waals surface area contributed by atoms with Gasteiger partial charge in [-0.05, 0) is 67.3 Å². The van der Waals surface area contributed by atoms with E-state index < -0.39 is 12.0 Å². The summed E-state index contributed by atoms with van der Waals surface area (Å²) in [6, 6.07) is 0. The van der Waals surface area contributed by atoms with Crippen LogP contribution in [-0.2, 0) is 17.8 Å². The Balaban J connectivity index is 0.00000164. The van der Waals surface area contributed by atoms with Gasteiger partial charge < -0.3 is 10.1 Å². The van der Waals surface area contributed by atoms with E-state index in [1.54, 1.807) is 6.20 Å². The Kier molecular flexibility index (Phi) is 9.45. The summed E-state index contributed by atoms with van der Waals surface area (Å²) in [4.78, 5) is 27.1. The van der Waals surface area contributed by atoms with Crippen LogP contribution in [0.1, 0.15) is 56.2 Å². The van der Waals surface area contributed by atoms with Crippen molar-refractivity contribution >= 4 is 32.3 Å². The highest BCUT2D eigenvalue weighted by molar-refractivity contribution is 7.15. The lowest BCUT2D eigenvalue weighted by molar-refractivity contribution is -0.117. The number of carbonyl (C=O) groups excluding carboxylic acids is 1. The van der Waals surface area contributed by atoms with Gasteiger partial charge in [-0.15, -0.1) is 9.24 Å². The van der Waals surface area contributed by atoms with Crippen LogP contribution in [0.3, 0.4) is 0 Å². The summed E-state index contributed by atoms with van der Waals surface area (Å²) in [7, 11) is 2.42. The molecule has 204 valence electrons. The van der Waals surface area contributed by atoms with Crippen molar-refractivity contribution in [3.8, 4) is 11.8 Å². The topological polar surface area (TPSA) is 80.2 Å². The number of pyridine rings is 1. The van der Waals surface area contributed by atoms with E-state index in [2.05, 4.69) is 29.5 Å². The third-order valence-electron chi connectivity index (χ3n) is 7.07. The summed E-state index contributed by atoms with van der Waals surface area (Å²) >= 11 is 6.02. The van der Waals surface area contributed by atoms with E-state index in [-0.39, 0.29) is 23.0 Å². The minimum Gasteiger partial charge on any atom is -0.417 e. The molecule has 0 radical (unpaired) electrons. The fourth-order valence-corrected chi connectivity index (χ4v) is 5.44. The molecule has 0 bridgehead atoms. The van der Waals surface area contributed by atoms with Gasteiger partial charge in [0, 0.05) is 55.3 Å². The molecule has 1 amide bonds. The van der Waals surface area contributed by atoms with E-state index >= 15 is 4.39 Å². The molecule has 1 aliphatic carbocycles. The standard InChI is InChI=1S/C26H28ClF2N5O2.CH5P/c1-3-18-19(20-14(2)6-8-30-23(20)35)5-4-15-10-31-25(22(29)21(15)18)36-24-16(11-32-26(27)33-24)12-34-9-7-17(28)13-34;1-2/h10-11,17H,3-9,12-13H2,1-2H3,(H,30,35);2H2,1H3. The van der Waals surface area contributed by atoms with Crippen molar-refractivity contribution in [3.63, 3.8) is 0 Å². The van der Waals surface area contributed by atoms with Crippen LogP contribution in [0.4, 0.5) is 8.78 Å². The summed E-state index contributed by atoms with van der Waals surface area (Å²) in [6.45, 7) is 7.72. The Bertz CT molecular complexity index is 1290. The van der Waals surface area contributed by atoms with Gasteiger partial charge in [0.05, 0.1) is 0 Å². The Hall–Kier alpha value is -2.48. The first-order chi connectivity index (χ1) is 18.4. The number of alkyl halides is 1. The van der Waals surface area contributed by atoms with Crippen LogP contribution in [0.2, 0.25) is 5.28 Å². The summed E-state index contributed by atoms with van der Waals surface area (Å²) in [5.74, 6) is -0.832. The zero-order chi connectivity index (χ0) is 27.4. The zero-order valence-electron chi connectivity index (χ0n) is 21.9. The minimum atomic E-state index is -0.874. The largest absolute Gasteiger partial charge is 0.417 e. The van der Waals surface area contributed by atoms with Gasteiger partial charge in [-0.25, -0.2) is 18.7 Å². The number of amides is 1. The Morgan fingerprint density at radius 3 is 2.68 bits per heavy atom. The number of hydrogen-bond donors (Lipinski definition) is 1. The number of nitrogens with zero attached hydrogens (tertiary/aromatic N) is 4. The third-order valence-corrected chi connectivity index (χ3v) is 7.25. The molecule has 0 aromatic carbocycles. The van der Waals surface area contributed by atoms with Gasteiger partial charge in [-0.3, -0.25) is 9.69 Å². The molecule has 11 heteroatoms. The number of hydrogen-bond acceptors (Lipinski definition) is 6. The molecule has 1 fully saturated rings. The number of allylic oxidation sites excluding steroid dienone is 1. The Morgan fingerprint density at radius 1 is 1.21 bits per heavy atom. The van der Waals surface area contributed by atoms with Crippen molar-refractivity contribution in [2.24, 2.45) is 0 Å². The average Bonchev–Trinajstić information content (AvgIpc) is 3.32. The second-order valence-electron chi connectivity index (χ2n) is 9.44. The molecule has 5 rings (SSSR count). The summed E-state index contributed by atoms with van der Waals surface area (Å²) in [5, 5.41) is 2.87. The van der Waals surface area contributed by atoms with Gasteiger partial charge in [0.1, 0.15) is 6.17 Å². The van der Waals surface area contributed by atoms with Crippen LogP contribution >= 0.6 is 20.8 Å². The second-order valence-corrected chi connectivity index (χ2v) is 9.78. The number of carbonyl (C=O) groups is 1. The number of halogens is 3. The fourth-order valence-electron chi connectivity index (χ4n) is 5.31. The first-order valence-corrected chi connectivity index (χ1v) is 14.4. The van der Waals surface area contributed by atoms with Gasteiger partial charge in [-0.1, -0.05) is 19.2 Å². The molecule has 0 spiro atoms. The molecule has 3 aliphatic rings. The fraction of sp³-hybridized carbons (Fsp3) is 0.481. The molecular formula is C27H33ClF2N5O2P. The van der Waals surface area contributed by atoms with Crippen LogP contribution in [-0.4, -0.2) is 58.2 Å². The number of rotatable bonds is 6. The lowest BCUT2D eigenvalue weighted by Crippen LogP contribution is -2.32. The molecule has 7 nitrogen and oxygen atoms in total. The van der Waals surface area contributed by atoms with Crippen LogP contribution in [0, 0.1) is 5.82 Å². The Labute approximate surface area is 229 Å². The molecule has 2 aromatic rings. The molecule has 2 aromatic heterocycles.